The highest BCUT2D eigenvalue weighted by Crippen LogP contribution is 2.37. The maximum atomic E-state index is 11.8. The molecule has 0 atom stereocenters. The number of benzene rings is 1. The van der Waals surface area contributed by atoms with E-state index in [9.17, 15) is 14.9 Å². The van der Waals surface area contributed by atoms with Crippen LogP contribution in [0.1, 0.15) is 11.3 Å². The fourth-order valence-corrected chi connectivity index (χ4v) is 2.27. The highest BCUT2D eigenvalue weighted by Gasteiger charge is 2.22. The van der Waals surface area contributed by atoms with Gasteiger partial charge in [-0.25, -0.2) is 5.43 Å². The van der Waals surface area contributed by atoms with Gasteiger partial charge in [0.15, 0.2) is 11.5 Å². The lowest BCUT2D eigenvalue weighted by atomic mass is 10.1. The predicted molar refractivity (Wildman–Crippen MR) is 84.1 cm³/mol. The van der Waals surface area contributed by atoms with Crippen LogP contribution in [0.3, 0.4) is 0 Å². The summed E-state index contributed by atoms with van der Waals surface area (Å²) in [7, 11) is 1.84. The molecule has 9 heteroatoms. The molecule has 1 N–H and O–H groups in total. The van der Waals surface area contributed by atoms with E-state index in [-0.39, 0.29) is 30.4 Å². The zero-order valence-electron chi connectivity index (χ0n) is 12.8. The number of carbonyl (C=O) groups excluding carboxylic acids is 1. The average molecular weight is 330 g/mol. The van der Waals surface area contributed by atoms with Gasteiger partial charge in [-0.3, -0.25) is 14.9 Å². The fourth-order valence-electron chi connectivity index (χ4n) is 2.27. The normalized spacial score (nSPS) is 12.5. The van der Waals surface area contributed by atoms with Crippen molar-refractivity contribution < 1.29 is 19.2 Å². The van der Waals surface area contributed by atoms with Gasteiger partial charge >= 0.3 is 0 Å². The summed E-state index contributed by atoms with van der Waals surface area (Å²) in [5, 5.41) is 14.9. The van der Waals surface area contributed by atoms with Crippen molar-refractivity contribution >= 4 is 17.8 Å². The van der Waals surface area contributed by atoms with Crippen LogP contribution < -0.4 is 14.9 Å². The van der Waals surface area contributed by atoms with Crippen LogP contribution in [0.15, 0.2) is 35.6 Å². The first kappa shape index (κ1) is 15.5. The van der Waals surface area contributed by atoms with E-state index >= 15 is 0 Å². The van der Waals surface area contributed by atoms with Crippen molar-refractivity contribution in [1.29, 1.82) is 0 Å². The highest BCUT2D eigenvalue weighted by atomic mass is 16.7. The third-order valence-electron chi connectivity index (χ3n) is 3.50. The van der Waals surface area contributed by atoms with Crippen molar-refractivity contribution in [3.63, 3.8) is 0 Å². The number of fused-ring (bicyclic) bond motifs is 1. The zero-order valence-corrected chi connectivity index (χ0v) is 12.8. The van der Waals surface area contributed by atoms with Crippen LogP contribution in [0.2, 0.25) is 0 Å². The number of amides is 1. The van der Waals surface area contributed by atoms with Crippen molar-refractivity contribution in [3.8, 4) is 11.5 Å². The van der Waals surface area contributed by atoms with Gasteiger partial charge in [-0.2, -0.15) is 5.10 Å². The lowest BCUT2D eigenvalue weighted by Gasteiger charge is -2.03. The van der Waals surface area contributed by atoms with Gasteiger partial charge in [-0.05, 0) is 18.2 Å². The largest absolute Gasteiger partial charge is 0.454 e. The molecule has 0 bridgehead atoms. The number of nitro benzene ring substituents is 1. The number of aryl methyl sites for hydroxylation is 1. The van der Waals surface area contributed by atoms with E-state index in [0.717, 1.165) is 5.69 Å². The van der Waals surface area contributed by atoms with E-state index in [1.807, 2.05) is 29.9 Å². The Morgan fingerprint density at radius 1 is 1.46 bits per heavy atom. The number of aromatic nitrogens is 1. The average Bonchev–Trinajstić information content (AvgIpc) is 3.15. The van der Waals surface area contributed by atoms with E-state index < -0.39 is 4.92 Å². The van der Waals surface area contributed by atoms with Crippen molar-refractivity contribution in [3.05, 3.63) is 51.8 Å². The summed E-state index contributed by atoms with van der Waals surface area (Å²) in [6, 6.07) is 6.39. The number of nitrogens with zero attached hydrogens (tertiary/aromatic N) is 3. The van der Waals surface area contributed by atoms with Gasteiger partial charge in [0, 0.05) is 18.9 Å². The van der Waals surface area contributed by atoms with E-state index in [1.54, 1.807) is 0 Å². The van der Waals surface area contributed by atoms with Crippen LogP contribution in [0.25, 0.3) is 0 Å². The molecular formula is C15H14N4O5. The molecule has 1 aliphatic rings. The number of ether oxygens (including phenoxy) is 2. The van der Waals surface area contributed by atoms with Gasteiger partial charge in [-0.1, -0.05) is 0 Å². The summed E-state index contributed by atoms with van der Waals surface area (Å²) in [6.07, 6.45) is 3.20. The molecular weight excluding hydrogens is 316 g/mol. The fraction of sp³-hybridized carbons (Fsp3) is 0.200. The first-order chi connectivity index (χ1) is 11.5. The summed E-state index contributed by atoms with van der Waals surface area (Å²) in [5.74, 6) is 0.389. The van der Waals surface area contributed by atoms with Gasteiger partial charge in [0.1, 0.15) is 0 Å². The Morgan fingerprint density at radius 3 is 2.88 bits per heavy atom. The Kier molecular flexibility index (Phi) is 4.15. The summed E-state index contributed by atoms with van der Waals surface area (Å²) in [4.78, 5) is 22.4. The minimum absolute atomic E-state index is 0.0144. The Bertz CT molecular complexity index is 827. The monoisotopic (exact) mass is 330 g/mol. The maximum Gasteiger partial charge on any atom is 0.282 e. The second kappa shape index (κ2) is 6.41. The molecule has 0 fully saturated rings. The molecule has 1 amide bonds. The molecule has 0 unspecified atom stereocenters. The van der Waals surface area contributed by atoms with Crippen molar-refractivity contribution in [2.75, 3.05) is 6.79 Å². The quantitative estimate of drug-likeness (QED) is 0.506. The Labute approximate surface area is 136 Å². The van der Waals surface area contributed by atoms with Gasteiger partial charge < -0.3 is 14.0 Å². The first-order valence-corrected chi connectivity index (χ1v) is 7.05. The number of rotatable bonds is 5. The number of nitrogens with one attached hydrogen (secondary N) is 1. The molecule has 24 heavy (non-hydrogen) atoms. The Morgan fingerprint density at radius 2 is 2.21 bits per heavy atom. The zero-order chi connectivity index (χ0) is 17.1. The summed E-state index contributed by atoms with van der Waals surface area (Å²) >= 11 is 0. The molecule has 124 valence electrons. The van der Waals surface area contributed by atoms with Crippen LogP contribution >= 0.6 is 0 Å². The Hall–Kier alpha value is -3.36. The smallest absolute Gasteiger partial charge is 0.282 e. The molecule has 1 aromatic heterocycles. The summed E-state index contributed by atoms with van der Waals surface area (Å²) in [6.45, 7) is 0.0144. The lowest BCUT2D eigenvalue weighted by molar-refractivity contribution is -0.385. The molecule has 2 heterocycles. The van der Waals surface area contributed by atoms with Crippen molar-refractivity contribution in [2.24, 2.45) is 12.1 Å². The second-order valence-electron chi connectivity index (χ2n) is 5.10. The number of nitro groups is 1. The maximum absolute atomic E-state index is 11.8. The van der Waals surface area contributed by atoms with E-state index in [4.69, 9.17) is 9.47 Å². The molecule has 0 radical (unpaired) electrons. The van der Waals surface area contributed by atoms with Gasteiger partial charge in [-0.15, -0.1) is 0 Å². The van der Waals surface area contributed by atoms with E-state index in [1.165, 1.54) is 18.3 Å². The van der Waals surface area contributed by atoms with Crippen LogP contribution in [0, 0.1) is 10.1 Å². The third-order valence-corrected chi connectivity index (χ3v) is 3.50. The molecule has 2 aromatic rings. The topological polar surface area (TPSA) is 108 Å². The second-order valence-corrected chi connectivity index (χ2v) is 5.10. The summed E-state index contributed by atoms with van der Waals surface area (Å²) < 4.78 is 12.1. The minimum Gasteiger partial charge on any atom is -0.454 e. The SMILES string of the molecule is Cn1cccc1CC(=O)N/N=C\c1cc2c(cc1[N+](=O)[O-])OCO2. The number of hydrogen-bond donors (Lipinski definition) is 1. The van der Waals surface area contributed by atoms with Crippen molar-refractivity contribution in [1.82, 2.24) is 9.99 Å². The molecule has 0 saturated carbocycles. The standard InChI is InChI=1S/C15H14N4O5/c1-18-4-2-3-11(18)6-15(20)17-16-8-10-5-13-14(24-9-23-13)7-12(10)19(21)22/h2-5,7-8H,6,9H2,1H3,(H,17,20)/b16-8-. The van der Waals surface area contributed by atoms with E-state index in [2.05, 4.69) is 10.5 Å². The van der Waals surface area contributed by atoms with Gasteiger partial charge in [0.2, 0.25) is 12.7 Å². The number of carbonyl (C=O) groups is 1. The molecule has 1 aromatic carbocycles. The number of hydrazone groups is 1. The van der Waals surface area contributed by atoms with Crippen LogP contribution in [0.4, 0.5) is 5.69 Å². The predicted octanol–water partition coefficient (Wildman–Crippen LogP) is 1.35. The molecule has 0 aliphatic carbocycles. The van der Waals surface area contributed by atoms with Gasteiger partial charge in [0.25, 0.3) is 5.69 Å². The minimum atomic E-state index is -0.547. The summed E-state index contributed by atoms with van der Waals surface area (Å²) in [5.41, 5.74) is 3.21. The lowest BCUT2D eigenvalue weighted by Crippen LogP contribution is -2.21. The van der Waals surface area contributed by atoms with Crippen LogP contribution in [-0.2, 0) is 18.3 Å². The molecule has 1 aliphatic heterocycles. The first-order valence-electron chi connectivity index (χ1n) is 7.05. The molecule has 9 nitrogen and oxygen atoms in total. The third kappa shape index (κ3) is 3.19. The van der Waals surface area contributed by atoms with Crippen LogP contribution in [0.5, 0.6) is 11.5 Å². The molecule has 3 rings (SSSR count). The van der Waals surface area contributed by atoms with E-state index in [0.29, 0.717) is 11.5 Å². The van der Waals surface area contributed by atoms with Gasteiger partial charge in [0.05, 0.1) is 29.2 Å². The molecule has 0 saturated heterocycles. The highest BCUT2D eigenvalue weighted by molar-refractivity contribution is 5.88. The van der Waals surface area contributed by atoms with Crippen LogP contribution in [-0.4, -0.2) is 28.4 Å². The molecule has 0 spiro atoms. The number of hydrogen-bond acceptors (Lipinski definition) is 6. The van der Waals surface area contributed by atoms with Crippen molar-refractivity contribution in [2.45, 2.75) is 6.42 Å². The Balaban J connectivity index is 1.71.